The molecule has 13 heteroatoms. The van der Waals surface area contributed by atoms with Crippen molar-refractivity contribution in [2.75, 3.05) is 6.54 Å². The third-order valence-corrected chi connectivity index (χ3v) is 10.1. The SMILES string of the molecule is Cc1cc(-c2nccs2)cc2c1ncn2[C@@H]1C[C@H]2C(=O)NC3(C(=O)O)C[C@H]3C=CCCCCC[C@@H](NC(=O)OC(C)(C)C)C(=O)N2C1. The van der Waals surface area contributed by atoms with Crippen LogP contribution in [0.3, 0.4) is 0 Å². The van der Waals surface area contributed by atoms with Gasteiger partial charge in [0.25, 0.3) is 0 Å². The number of allylic oxidation sites excluding steroid dienone is 1. The van der Waals surface area contributed by atoms with E-state index in [-0.39, 0.29) is 24.9 Å². The number of thiazole rings is 1. The van der Waals surface area contributed by atoms with Crippen molar-refractivity contribution in [2.45, 2.75) is 102 Å². The van der Waals surface area contributed by atoms with Crippen LogP contribution in [-0.4, -0.2) is 78.2 Å². The second-order valence-corrected chi connectivity index (χ2v) is 14.8. The van der Waals surface area contributed by atoms with Crippen LogP contribution < -0.4 is 10.6 Å². The van der Waals surface area contributed by atoms with E-state index in [1.165, 1.54) is 16.2 Å². The van der Waals surface area contributed by atoms with Crippen LogP contribution in [0.2, 0.25) is 0 Å². The standard InChI is InChI=1S/C34H42N6O6S/c1-20-14-21(29-35-12-13-47-29)15-25-27(20)36-19-40(25)23-16-26-28(41)38-34(31(43)44)17-22(34)10-8-6-5-7-9-11-24(30(42)39(26)18-23)37-32(45)46-33(2,3)4/h8,10,12-15,19,22-24,26H,5-7,9,11,16-18H2,1-4H3,(H,37,45)(H,38,41)(H,43,44)/t22-,23-,24-,26+,34?/m1/s1. The van der Waals surface area contributed by atoms with Gasteiger partial charge in [-0.15, -0.1) is 11.3 Å². The Balaban J connectivity index is 1.36. The number of rotatable bonds is 4. The van der Waals surface area contributed by atoms with E-state index in [1.54, 1.807) is 33.3 Å². The normalized spacial score (nSPS) is 26.9. The molecule has 6 rings (SSSR count). The fourth-order valence-electron chi connectivity index (χ4n) is 6.82. The number of carbonyl (C=O) groups excluding carboxylic acids is 3. The number of imidazole rings is 1. The van der Waals surface area contributed by atoms with E-state index in [1.807, 2.05) is 41.2 Å². The number of ether oxygens (including phenoxy) is 1. The van der Waals surface area contributed by atoms with Gasteiger partial charge in [-0.25, -0.2) is 19.6 Å². The quantitative estimate of drug-likeness (QED) is 0.330. The number of aromatic nitrogens is 3. The first kappa shape index (κ1) is 32.7. The summed E-state index contributed by atoms with van der Waals surface area (Å²) >= 11 is 1.54. The first-order valence-corrected chi connectivity index (χ1v) is 17.1. The molecule has 1 unspecified atom stereocenters. The lowest BCUT2D eigenvalue weighted by atomic mass is 10.0. The monoisotopic (exact) mass is 662 g/mol. The van der Waals surface area contributed by atoms with Crippen LogP contribution in [0.4, 0.5) is 4.79 Å². The number of hydrogen-bond donors (Lipinski definition) is 3. The molecule has 250 valence electrons. The van der Waals surface area contributed by atoms with Gasteiger partial charge in [0.05, 0.1) is 23.4 Å². The van der Waals surface area contributed by atoms with Gasteiger partial charge >= 0.3 is 12.1 Å². The van der Waals surface area contributed by atoms with Gasteiger partial charge in [-0.2, -0.15) is 0 Å². The lowest BCUT2D eigenvalue weighted by Gasteiger charge is -2.30. The molecule has 47 heavy (non-hydrogen) atoms. The third kappa shape index (κ3) is 6.76. The van der Waals surface area contributed by atoms with Gasteiger partial charge in [0.2, 0.25) is 11.8 Å². The maximum Gasteiger partial charge on any atom is 0.408 e. The number of fused-ring (bicyclic) bond motifs is 3. The summed E-state index contributed by atoms with van der Waals surface area (Å²) in [6, 6.07) is 1.87. The van der Waals surface area contributed by atoms with E-state index in [4.69, 9.17) is 4.74 Å². The number of alkyl carbamates (subject to hydrolysis) is 1. The van der Waals surface area contributed by atoms with Gasteiger partial charge in [-0.1, -0.05) is 25.0 Å². The lowest BCUT2D eigenvalue weighted by molar-refractivity contribution is -0.145. The molecule has 1 saturated heterocycles. The highest BCUT2D eigenvalue weighted by Crippen LogP contribution is 2.46. The number of aliphatic carboxylic acids is 1. The van der Waals surface area contributed by atoms with Crippen molar-refractivity contribution in [2.24, 2.45) is 5.92 Å². The molecule has 0 radical (unpaired) electrons. The Labute approximate surface area is 277 Å². The Morgan fingerprint density at radius 2 is 1.98 bits per heavy atom. The molecule has 3 aromatic rings. The van der Waals surface area contributed by atoms with Crippen molar-refractivity contribution < 1.29 is 29.0 Å². The van der Waals surface area contributed by atoms with E-state index in [0.29, 0.717) is 19.3 Å². The molecule has 1 saturated carbocycles. The zero-order chi connectivity index (χ0) is 33.5. The number of aryl methyl sites for hydroxylation is 1. The van der Waals surface area contributed by atoms with E-state index in [2.05, 4.69) is 20.6 Å². The summed E-state index contributed by atoms with van der Waals surface area (Å²) in [4.78, 5) is 64.4. The molecule has 2 aromatic heterocycles. The predicted octanol–water partition coefficient (Wildman–Crippen LogP) is 4.98. The third-order valence-electron chi connectivity index (χ3n) is 9.27. The lowest BCUT2D eigenvalue weighted by Crippen LogP contribution is -2.56. The smallest absolute Gasteiger partial charge is 0.408 e. The second-order valence-electron chi connectivity index (χ2n) is 13.9. The topological polar surface area (TPSA) is 156 Å². The maximum atomic E-state index is 14.4. The molecule has 3 amide bonds. The number of hydrogen-bond acceptors (Lipinski definition) is 8. The molecule has 2 aliphatic heterocycles. The largest absolute Gasteiger partial charge is 0.479 e. The van der Waals surface area contributed by atoms with Crippen molar-refractivity contribution in [1.82, 2.24) is 30.1 Å². The minimum atomic E-state index is -1.41. The van der Waals surface area contributed by atoms with Crippen LogP contribution in [0, 0.1) is 12.8 Å². The number of carbonyl (C=O) groups is 4. The Bertz CT molecular complexity index is 1710. The Morgan fingerprint density at radius 3 is 2.70 bits per heavy atom. The van der Waals surface area contributed by atoms with Gasteiger partial charge in [-0.3, -0.25) is 9.59 Å². The molecule has 1 aliphatic carbocycles. The zero-order valence-corrected chi connectivity index (χ0v) is 28.0. The first-order chi connectivity index (χ1) is 22.4. The van der Waals surface area contributed by atoms with Gasteiger partial charge < -0.3 is 29.9 Å². The molecular weight excluding hydrogens is 620 g/mol. The number of nitrogens with one attached hydrogen (secondary N) is 2. The minimum Gasteiger partial charge on any atom is -0.479 e. The van der Waals surface area contributed by atoms with Gasteiger partial charge in [0, 0.05) is 29.6 Å². The van der Waals surface area contributed by atoms with E-state index < -0.39 is 47.1 Å². The number of amides is 3. The number of carboxylic acids is 1. The van der Waals surface area contributed by atoms with Crippen molar-refractivity contribution in [1.29, 1.82) is 0 Å². The van der Waals surface area contributed by atoms with Gasteiger partial charge in [-0.05, 0) is 77.5 Å². The first-order valence-electron chi connectivity index (χ1n) is 16.3. The van der Waals surface area contributed by atoms with Gasteiger partial charge in [0.15, 0.2) is 0 Å². The average Bonchev–Trinajstić information content (AvgIpc) is 3.45. The summed E-state index contributed by atoms with van der Waals surface area (Å²) in [5.74, 6) is -2.32. The molecule has 4 heterocycles. The highest BCUT2D eigenvalue weighted by atomic mass is 32.1. The molecule has 5 atom stereocenters. The molecule has 0 spiro atoms. The van der Waals surface area contributed by atoms with Crippen molar-refractivity contribution >= 4 is 46.2 Å². The molecule has 3 N–H and O–H groups in total. The van der Waals surface area contributed by atoms with Crippen LogP contribution in [-0.2, 0) is 19.1 Å². The van der Waals surface area contributed by atoms with Crippen LogP contribution in [0.25, 0.3) is 21.6 Å². The summed E-state index contributed by atoms with van der Waals surface area (Å²) in [5.41, 5.74) is 1.43. The maximum absolute atomic E-state index is 14.4. The fraction of sp³-hybridized carbons (Fsp3) is 0.529. The Kier molecular flexibility index (Phi) is 8.86. The minimum absolute atomic E-state index is 0.179. The molecule has 1 aromatic carbocycles. The summed E-state index contributed by atoms with van der Waals surface area (Å²) < 4.78 is 7.49. The Morgan fingerprint density at radius 1 is 1.17 bits per heavy atom. The van der Waals surface area contributed by atoms with Crippen molar-refractivity contribution in [3.05, 3.63) is 47.8 Å². The fourth-order valence-corrected chi connectivity index (χ4v) is 7.44. The number of benzene rings is 1. The number of carboxylic acid groups (broad SMARTS) is 1. The molecule has 2 fully saturated rings. The molecule has 12 nitrogen and oxygen atoms in total. The van der Waals surface area contributed by atoms with Crippen molar-refractivity contribution in [3.63, 3.8) is 0 Å². The summed E-state index contributed by atoms with van der Waals surface area (Å²) in [5, 5.41) is 18.6. The van der Waals surface area contributed by atoms with Crippen LogP contribution in [0.5, 0.6) is 0 Å². The summed E-state index contributed by atoms with van der Waals surface area (Å²) in [6.45, 7) is 7.43. The van der Waals surface area contributed by atoms with E-state index in [9.17, 15) is 24.3 Å². The van der Waals surface area contributed by atoms with Gasteiger partial charge in [0.1, 0.15) is 28.2 Å². The van der Waals surface area contributed by atoms with Crippen molar-refractivity contribution in [3.8, 4) is 10.6 Å². The average molecular weight is 663 g/mol. The predicted molar refractivity (Wildman–Crippen MR) is 177 cm³/mol. The highest BCUT2D eigenvalue weighted by molar-refractivity contribution is 7.13. The summed E-state index contributed by atoms with van der Waals surface area (Å²) in [6.07, 6.45) is 10.7. The Hall–Kier alpha value is -4.26. The number of nitrogens with zero attached hydrogens (tertiary/aromatic N) is 4. The van der Waals surface area contributed by atoms with Crippen LogP contribution >= 0.6 is 11.3 Å². The highest BCUT2D eigenvalue weighted by Gasteiger charge is 2.61. The van der Waals surface area contributed by atoms with E-state index >= 15 is 0 Å². The molecule has 3 aliphatic rings. The summed E-state index contributed by atoms with van der Waals surface area (Å²) in [7, 11) is 0. The van der Waals surface area contributed by atoms with Crippen LogP contribution in [0.1, 0.15) is 77.3 Å². The molecule has 0 bridgehead atoms. The second kappa shape index (κ2) is 12.7. The van der Waals surface area contributed by atoms with Crippen LogP contribution in [0.15, 0.2) is 42.2 Å². The molecular formula is C34H42N6O6S. The van der Waals surface area contributed by atoms with E-state index in [0.717, 1.165) is 46.4 Å². The zero-order valence-electron chi connectivity index (χ0n) is 27.2.